The number of carbonyl (C=O) groups is 1. The first-order chi connectivity index (χ1) is 10.1. The lowest BCUT2D eigenvalue weighted by molar-refractivity contribution is 0.0936. The Morgan fingerprint density at radius 2 is 2.14 bits per heavy atom. The van der Waals surface area contributed by atoms with E-state index in [2.05, 4.69) is 24.1 Å². The van der Waals surface area contributed by atoms with Crippen molar-refractivity contribution in [2.75, 3.05) is 6.54 Å². The largest absolute Gasteiger partial charge is 0.352 e. The van der Waals surface area contributed by atoms with Crippen molar-refractivity contribution in [1.82, 2.24) is 10.3 Å². The van der Waals surface area contributed by atoms with E-state index in [4.69, 9.17) is 11.6 Å². The topological polar surface area (TPSA) is 42.0 Å². The van der Waals surface area contributed by atoms with E-state index >= 15 is 0 Å². The van der Waals surface area contributed by atoms with Crippen molar-refractivity contribution in [2.45, 2.75) is 52.4 Å². The van der Waals surface area contributed by atoms with E-state index in [1.165, 1.54) is 25.7 Å². The summed E-state index contributed by atoms with van der Waals surface area (Å²) in [5.74, 6) is 1.28. The Kier molecular flexibility index (Phi) is 6.04. The molecule has 0 spiro atoms. The van der Waals surface area contributed by atoms with E-state index in [9.17, 15) is 4.79 Å². The van der Waals surface area contributed by atoms with Crippen LogP contribution in [-0.2, 0) is 6.42 Å². The number of aromatic nitrogens is 1. The van der Waals surface area contributed by atoms with Crippen LogP contribution in [0.3, 0.4) is 0 Å². The Morgan fingerprint density at radius 3 is 2.86 bits per heavy atom. The van der Waals surface area contributed by atoms with Crippen LogP contribution >= 0.6 is 11.6 Å². The molecule has 1 N–H and O–H groups in total. The van der Waals surface area contributed by atoms with Crippen molar-refractivity contribution in [3.63, 3.8) is 0 Å². The molecule has 1 aliphatic carbocycles. The van der Waals surface area contributed by atoms with Crippen molar-refractivity contribution >= 4 is 17.5 Å². The normalized spacial score (nSPS) is 22.0. The van der Waals surface area contributed by atoms with Crippen LogP contribution in [0, 0.1) is 11.8 Å². The fourth-order valence-electron chi connectivity index (χ4n) is 3.09. The highest BCUT2D eigenvalue weighted by Crippen LogP contribution is 2.28. The van der Waals surface area contributed by atoms with E-state index in [-0.39, 0.29) is 5.91 Å². The van der Waals surface area contributed by atoms with Crippen LogP contribution in [0.1, 0.15) is 62.0 Å². The molecule has 1 fully saturated rings. The van der Waals surface area contributed by atoms with Gasteiger partial charge >= 0.3 is 0 Å². The van der Waals surface area contributed by atoms with E-state index in [0.717, 1.165) is 25.1 Å². The van der Waals surface area contributed by atoms with Gasteiger partial charge in [0.05, 0.1) is 0 Å². The molecule has 3 nitrogen and oxygen atoms in total. The van der Waals surface area contributed by atoms with Crippen LogP contribution in [0.4, 0.5) is 0 Å². The number of carbonyl (C=O) groups excluding carboxylic acids is 1. The summed E-state index contributed by atoms with van der Waals surface area (Å²) in [6.07, 6.45) is 6.95. The molecule has 4 heteroatoms. The molecule has 0 aliphatic heterocycles. The predicted molar refractivity (Wildman–Crippen MR) is 86.7 cm³/mol. The highest BCUT2D eigenvalue weighted by Gasteiger charge is 2.22. The second kappa shape index (κ2) is 7.79. The van der Waals surface area contributed by atoms with Gasteiger partial charge in [0.15, 0.2) is 0 Å². The quantitative estimate of drug-likeness (QED) is 0.826. The second-order valence-corrected chi connectivity index (χ2v) is 6.54. The molecule has 116 valence electrons. The fourth-order valence-corrected chi connectivity index (χ4v) is 3.31. The van der Waals surface area contributed by atoms with Gasteiger partial charge in [-0.25, -0.2) is 4.98 Å². The predicted octanol–water partition coefficient (Wildman–Crippen LogP) is 4.24. The number of hydrogen-bond acceptors (Lipinski definition) is 2. The molecule has 0 radical (unpaired) electrons. The highest BCUT2D eigenvalue weighted by molar-refractivity contribution is 6.29. The van der Waals surface area contributed by atoms with Crippen LogP contribution in [0.5, 0.6) is 0 Å². The lowest BCUT2D eigenvalue weighted by Crippen LogP contribution is -2.33. The standard InChI is InChI=1S/C17H25ClN2O/c1-3-6-15-9-14(10-16(18)20-15)17(21)19-11-13-8-5-4-7-12(13)2/h9-10,12-13H,3-8,11H2,1-2H3,(H,19,21). The molecule has 1 heterocycles. The van der Waals surface area contributed by atoms with E-state index in [1.54, 1.807) is 6.07 Å². The van der Waals surface area contributed by atoms with Gasteiger partial charge in [-0.05, 0) is 36.8 Å². The SMILES string of the molecule is CCCc1cc(C(=O)NCC2CCCCC2C)cc(Cl)n1. The van der Waals surface area contributed by atoms with Crippen LogP contribution < -0.4 is 5.32 Å². The summed E-state index contributed by atoms with van der Waals surface area (Å²) in [6.45, 7) is 5.15. The van der Waals surface area contributed by atoms with Crippen molar-refractivity contribution in [2.24, 2.45) is 11.8 Å². The average Bonchev–Trinajstić information content (AvgIpc) is 2.46. The van der Waals surface area contributed by atoms with Gasteiger partial charge in [-0.3, -0.25) is 4.79 Å². The number of amides is 1. The van der Waals surface area contributed by atoms with Gasteiger partial charge < -0.3 is 5.32 Å². The molecule has 0 bridgehead atoms. The number of pyridine rings is 1. The van der Waals surface area contributed by atoms with Crippen molar-refractivity contribution < 1.29 is 4.79 Å². The zero-order chi connectivity index (χ0) is 15.2. The van der Waals surface area contributed by atoms with Crippen LogP contribution in [0.25, 0.3) is 0 Å². The number of nitrogens with one attached hydrogen (secondary N) is 1. The fraction of sp³-hybridized carbons (Fsp3) is 0.647. The van der Waals surface area contributed by atoms with Gasteiger partial charge in [-0.1, -0.05) is 51.1 Å². The van der Waals surface area contributed by atoms with Gasteiger partial charge in [0.2, 0.25) is 0 Å². The summed E-state index contributed by atoms with van der Waals surface area (Å²) >= 11 is 6.01. The highest BCUT2D eigenvalue weighted by atomic mass is 35.5. The van der Waals surface area contributed by atoms with Crippen LogP contribution in [0.2, 0.25) is 5.15 Å². The molecular formula is C17H25ClN2O. The number of halogens is 1. The Morgan fingerprint density at radius 1 is 1.38 bits per heavy atom. The average molecular weight is 309 g/mol. The summed E-state index contributed by atoms with van der Waals surface area (Å²) in [5, 5.41) is 3.47. The van der Waals surface area contributed by atoms with Crippen molar-refractivity contribution in [3.8, 4) is 0 Å². The first kappa shape index (κ1) is 16.3. The third-order valence-electron chi connectivity index (χ3n) is 4.43. The Balaban J connectivity index is 1.96. The Bertz CT molecular complexity index is 490. The maximum absolute atomic E-state index is 12.3. The first-order valence-corrected chi connectivity index (χ1v) is 8.42. The second-order valence-electron chi connectivity index (χ2n) is 6.15. The van der Waals surface area contributed by atoms with Gasteiger partial charge in [0, 0.05) is 17.8 Å². The third kappa shape index (κ3) is 4.70. The summed E-state index contributed by atoms with van der Waals surface area (Å²) in [6, 6.07) is 3.51. The lowest BCUT2D eigenvalue weighted by atomic mass is 9.80. The zero-order valence-electron chi connectivity index (χ0n) is 13.0. The zero-order valence-corrected chi connectivity index (χ0v) is 13.7. The number of rotatable bonds is 5. The number of hydrogen-bond donors (Lipinski definition) is 1. The van der Waals surface area contributed by atoms with E-state index < -0.39 is 0 Å². The molecule has 2 atom stereocenters. The summed E-state index contributed by atoms with van der Waals surface area (Å²) in [4.78, 5) is 16.6. The first-order valence-electron chi connectivity index (χ1n) is 8.04. The third-order valence-corrected chi connectivity index (χ3v) is 4.62. The monoisotopic (exact) mass is 308 g/mol. The van der Waals surface area contributed by atoms with Gasteiger partial charge in [-0.15, -0.1) is 0 Å². The van der Waals surface area contributed by atoms with Gasteiger partial charge in [0.25, 0.3) is 5.91 Å². The molecule has 1 aromatic rings. The van der Waals surface area contributed by atoms with Crippen molar-refractivity contribution in [1.29, 1.82) is 0 Å². The van der Waals surface area contributed by atoms with Gasteiger partial charge in [0.1, 0.15) is 5.15 Å². The molecule has 1 amide bonds. The molecule has 1 aliphatic rings. The summed E-state index contributed by atoms with van der Waals surface area (Å²) in [7, 11) is 0. The molecule has 2 rings (SSSR count). The van der Waals surface area contributed by atoms with Gasteiger partial charge in [-0.2, -0.15) is 0 Å². The number of aryl methyl sites for hydroxylation is 1. The summed E-state index contributed by atoms with van der Waals surface area (Å²) < 4.78 is 0. The molecule has 21 heavy (non-hydrogen) atoms. The Labute approximate surface area is 132 Å². The van der Waals surface area contributed by atoms with E-state index in [1.807, 2.05) is 6.07 Å². The summed E-state index contributed by atoms with van der Waals surface area (Å²) in [5.41, 5.74) is 1.52. The lowest BCUT2D eigenvalue weighted by Gasteiger charge is -2.28. The molecule has 1 aromatic heterocycles. The molecule has 1 saturated carbocycles. The smallest absolute Gasteiger partial charge is 0.251 e. The van der Waals surface area contributed by atoms with Crippen LogP contribution in [0.15, 0.2) is 12.1 Å². The number of nitrogens with zero attached hydrogens (tertiary/aromatic N) is 1. The molecule has 0 aromatic carbocycles. The molecule has 0 saturated heterocycles. The maximum Gasteiger partial charge on any atom is 0.251 e. The minimum Gasteiger partial charge on any atom is -0.352 e. The molecular weight excluding hydrogens is 284 g/mol. The minimum atomic E-state index is -0.0329. The Hall–Kier alpha value is -1.09. The molecule has 2 unspecified atom stereocenters. The maximum atomic E-state index is 12.3. The van der Waals surface area contributed by atoms with Crippen LogP contribution in [-0.4, -0.2) is 17.4 Å². The van der Waals surface area contributed by atoms with Crippen molar-refractivity contribution in [3.05, 3.63) is 28.5 Å². The van der Waals surface area contributed by atoms with E-state index in [0.29, 0.717) is 22.6 Å². The minimum absolute atomic E-state index is 0.0329.